The van der Waals surface area contributed by atoms with E-state index in [9.17, 15) is 4.79 Å². The second-order valence-electron chi connectivity index (χ2n) is 6.98. The molecule has 2 aliphatic rings. The van der Waals surface area contributed by atoms with Gasteiger partial charge in [0.05, 0.1) is 19.8 Å². The summed E-state index contributed by atoms with van der Waals surface area (Å²) in [6.07, 6.45) is 2.90. The van der Waals surface area contributed by atoms with Gasteiger partial charge < -0.3 is 20.3 Å². The van der Waals surface area contributed by atoms with Gasteiger partial charge in [0.2, 0.25) is 5.91 Å². The number of likely N-dealkylation sites (tertiary alicyclic amines) is 1. The van der Waals surface area contributed by atoms with Gasteiger partial charge in [-0.15, -0.1) is 24.0 Å². The molecule has 7 nitrogen and oxygen atoms in total. The summed E-state index contributed by atoms with van der Waals surface area (Å²) in [7, 11) is 0. The van der Waals surface area contributed by atoms with Gasteiger partial charge in [-0.1, -0.05) is 6.92 Å². The maximum atomic E-state index is 12.3. The van der Waals surface area contributed by atoms with E-state index in [1.54, 1.807) is 0 Å². The number of rotatable bonds is 7. The molecule has 0 aromatic carbocycles. The van der Waals surface area contributed by atoms with E-state index in [1.807, 2.05) is 4.90 Å². The van der Waals surface area contributed by atoms with Crippen LogP contribution >= 0.6 is 24.0 Å². The lowest BCUT2D eigenvalue weighted by molar-refractivity contribution is -0.132. The highest BCUT2D eigenvalue weighted by Crippen LogP contribution is 2.15. The highest BCUT2D eigenvalue weighted by atomic mass is 127. The van der Waals surface area contributed by atoms with Crippen LogP contribution in [-0.2, 0) is 9.53 Å². The van der Waals surface area contributed by atoms with Gasteiger partial charge in [-0.05, 0) is 25.7 Å². The van der Waals surface area contributed by atoms with Gasteiger partial charge in [0, 0.05) is 52.2 Å². The largest absolute Gasteiger partial charge is 0.379 e. The Labute approximate surface area is 175 Å². The molecule has 1 atom stereocenters. The van der Waals surface area contributed by atoms with Gasteiger partial charge in [-0.3, -0.25) is 14.7 Å². The summed E-state index contributed by atoms with van der Waals surface area (Å²) in [5, 5.41) is 6.54. The number of piperidine rings is 1. The first-order chi connectivity index (χ1) is 12.2. The molecular weight excluding hydrogens is 445 g/mol. The first-order valence-electron chi connectivity index (χ1n) is 9.79. The molecule has 2 aliphatic heterocycles. The van der Waals surface area contributed by atoms with Gasteiger partial charge in [0.25, 0.3) is 0 Å². The predicted molar refractivity (Wildman–Crippen MR) is 116 cm³/mol. The van der Waals surface area contributed by atoms with Gasteiger partial charge in [-0.25, -0.2) is 0 Å². The lowest BCUT2D eigenvalue weighted by atomic mass is 10.00. The Bertz CT molecular complexity index is 430. The fourth-order valence-corrected chi connectivity index (χ4v) is 3.33. The Balaban J connectivity index is 0.00000338. The van der Waals surface area contributed by atoms with E-state index in [1.165, 1.54) is 6.42 Å². The van der Waals surface area contributed by atoms with E-state index >= 15 is 0 Å². The van der Waals surface area contributed by atoms with Crippen molar-refractivity contribution in [1.29, 1.82) is 0 Å². The molecule has 0 aromatic rings. The number of hydrogen-bond acceptors (Lipinski definition) is 4. The number of carbonyl (C=O) groups excluding carboxylic acids is 1. The summed E-state index contributed by atoms with van der Waals surface area (Å²) in [5.74, 6) is 1.68. The Morgan fingerprint density at radius 3 is 2.69 bits per heavy atom. The standard InChI is InChI=1S/C18H35N5O2.HI/c1-3-19-18(21-8-10-22-11-13-25-14-12-22)20-7-6-17(24)23-9-4-5-16(2)15-23;/h16H,3-15H2,1-2H3,(H2,19,20,21);1H. The molecule has 26 heavy (non-hydrogen) atoms. The molecule has 0 bridgehead atoms. The summed E-state index contributed by atoms with van der Waals surface area (Å²) in [5.41, 5.74) is 0. The summed E-state index contributed by atoms with van der Waals surface area (Å²) in [6, 6.07) is 0. The van der Waals surface area contributed by atoms with Gasteiger partial charge >= 0.3 is 0 Å². The lowest BCUT2D eigenvalue weighted by Crippen LogP contribution is -2.43. The number of nitrogens with one attached hydrogen (secondary N) is 2. The maximum Gasteiger partial charge on any atom is 0.224 e. The van der Waals surface area contributed by atoms with Crippen molar-refractivity contribution in [3.05, 3.63) is 0 Å². The van der Waals surface area contributed by atoms with Crippen molar-refractivity contribution in [3.63, 3.8) is 0 Å². The van der Waals surface area contributed by atoms with Crippen molar-refractivity contribution in [3.8, 4) is 0 Å². The van der Waals surface area contributed by atoms with Crippen LogP contribution in [0.4, 0.5) is 0 Å². The van der Waals surface area contributed by atoms with Crippen LogP contribution in [-0.4, -0.2) is 87.2 Å². The van der Waals surface area contributed by atoms with Crippen molar-refractivity contribution >= 4 is 35.8 Å². The number of morpholine rings is 1. The maximum absolute atomic E-state index is 12.3. The predicted octanol–water partition coefficient (Wildman–Crippen LogP) is 1.14. The zero-order valence-electron chi connectivity index (χ0n) is 16.3. The van der Waals surface area contributed by atoms with Crippen LogP contribution in [0.5, 0.6) is 0 Å². The van der Waals surface area contributed by atoms with Crippen molar-refractivity contribution in [2.75, 3.05) is 65.6 Å². The van der Waals surface area contributed by atoms with Crippen LogP contribution in [0.15, 0.2) is 4.99 Å². The van der Waals surface area contributed by atoms with Crippen LogP contribution in [0.25, 0.3) is 0 Å². The summed E-state index contributed by atoms with van der Waals surface area (Å²) in [6.45, 7) is 12.9. The van der Waals surface area contributed by atoms with Crippen LogP contribution in [0, 0.1) is 5.92 Å². The third-order valence-corrected chi connectivity index (χ3v) is 4.78. The number of ether oxygens (including phenoxy) is 1. The molecule has 2 saturated heterocycles. The van der Waals surface area contributed by atoms with E-state index < -0.39 is 0 Å². The second kappa shape index (κ2) is 13.5. The van der Waals surface area contributed by atoms with Crippen molar-refractivity contribution in [1.82, 2.24) is 20.4 Å². The quantitative estimate of drug-likeness (QED) is 0.325. The molecule has 8 heteroatoms. The van der Waals surface area contributed by atoms with Crippen molar-refractivity contribution < 1.29 is 9.53 Å². The topological polar surface area (TPSA) is 69.2 Å². The molecule has 0 saturated carbocycles. The number of carbonyl (C=O) groups is 1. The molecular formula is C18H36IN5O2. The monoisotopic (exact) mass is 481 g/mol. The van der Waals surface area contributed by atoms with Crippen molar-refractivity contribution in [2.24, 2.45) is 10.9 Å². The molecule has 2 N–H and O–H groups in total. The molecule has 152 valence electrons. The molecule has 0 aliphatic carbocycles. The first kappa shape index (κ1) is 23.4. The zero-order chi connectivity index (χ0) is 17.9. The minimum atomic E-state index is 0. The number of nitrogens with zero attached hydrogens (tertiary/aromatic N) is 3. The fraction of sp³-hybridized carbons (Fsp3) is 0.889. The second-order valence-corrected chi connectivity index (χ2v) is 6.98. The molecule has 2 heterocycles. The number of hydrogen-bond donors (Lipinski definition) is 2. The normalized spacial score (nSPS) is 21.8. The molecule has 0 spiro atoms. The third-order valence-electron chi connectivity index (χ3n) is 4.78. The van der Waals surface area contributed by atoms with E-state index in [4.69, 9.17) is 4.74 Å². The molecule has 2 rings (SSSR count). The molecule has 1 unspecified atom stereocenters. The third kappa shape index (κ3) is 8.85. The average Bonchev–Trinajstić information content (AvgIpc) is 2.62. The van der Waals surface area contributed by atoms with Crippen molar-refractivity contribution in [2.45, 2.75) is 33.1 Å². The molecule has 0 radical (unpaired) electrons. The SMILES string of the molecule is CCNC(=NCCN1CCOCC1)NCCC(=O)N1CCCC(C)C1.I. The summed E-state index contributed by atoms with van der Waals surface area (Å²) in [4.78, 5) is 21.3. The van der Waals surface area contributed by atoms with Gasteiger partial charge in [0.15, 0.2) is 5.96 Å². The average molecular weight is 481 g/mol. The van der Waals surface area contributed by atoms with Crippen LogP contribution in [0.2, 0.25) is 0 Å². The number of guanidine groups is 1. The lowest BCUT2D eigenvalue weighted by Gasteiger charge is -2.31. The Kier molecular flexibility index (Phi) is 12.2. The molecule has 2 fully saturated rings. The highest BCUT2D eigenvalue weighted by Gasteiger charge is 2.20. The van der Waals surface area contributed by atoms with Crippen LogP contribution < -0.4 is 10.6 Å². The van der Waals surface area contributed by atoms with E-state index in [-0.39, 0.29) is 29.9 Å². The van der Waals surface area contributed by atoms with E-state index in [0.717, 1.165) is 71.4 Å². The van der Waals surface area contributed by atoms with Crippen LogP contribution in [0.1, 0.15) is 33.1 Å². The van der Waals surface area contributed by atoms with E-state index in [2.05, 4.69) is 34.4 Å². The number of amides is 1. The highest BCUT2D eigenvalue weighted by molar-refractivity contribution is 14.0. The zero-order valence-corrected chi connectivity index (χ0v) is 18.7. The minimum absolute atomic E-state index is 0. The number of halogens is 1. The van der Waals surface area contributed by atoms with Gasteiger partial charge in [-0.2, -0.15) is 0 Å². The Morgan fingerprint density at radius 1 is 1.23 bits per heavy atom. The van der Waals surface area contributed by atoms with Crippen LogP contribution in [0.3, 0.4) is 0 Å². The smallest absolute Gasteiger partial charge is 0.224 e. The van der Waals surface area contributed by atoms with E-state index in [0.29, 0.717) is 18.9 Å². The Morgan fingerprint density at radius 2 is 2.00 bits per heavy atom. The Hall–Kier alpha value is -0.610. The number of aliphatic imine (C=N–C) groups is 1. The molecule has 1 amide bonds. The summed E-state index contributed by atoms with van der Waals surface area (Å²) < 4.78 is 5.36. The minimum Gasteiger partial charge on any atom is -0.379 e. The first-order valence-corrected chi connectivity index (χ1v) is 9.79. The fourth-order valence-electron chi connectivity index (χ4n) is 3.33. The molecule has 0 aromatic heterocycles. The van der Waals surface area contributed by atoms with Gasteiger partial charge in [0.1, 0.15) is 0 Å². The summed E-state index contributed by atoms with van der Waals surface area (Å²) >= 11 is 0.